The molecule has 5 aliphatic carbocycles. The van der Waals surface area contributed by atoms with Crippen LogP contribution in [0.4, 0.5) is 0 Å². The van der Waals surface area contributed by atoms with Gasteiger partial charge in [-0.3, -0.25) is 19.8 Å². The van der Waals surface area contributed by atoms with E-state index in [0.29, 0.717) is 25.0 Å². The number of nitrogens with one attached hydrogen (secondary N) is 1. The van der Waals surface area contributed by atoms with Crippen molar-refractivity contribution in [2.45, 2.75) is 103 Å². The van der Waals surface area contributed by atoms with Crippen molar-refractivity contribution in [1.29, 1.82) is 0 Å². The summed E-state index contributed by atoms with van der Waals surface area (Å²) >= 11 is 0. The molecule has 0 saturated heterocycles. The second-order valence-corrected chi connectivity index (χ2v) is 11.9. The van der Waals surface area contributed by atoms with Crippen molar-refractivity contribution < 1.29 is 24.1 Å². The van der Waals surface area contributed by atoms with Gasteiger partial charge in [-0.1, -0.05) is 32.9 Å². The highest BCUT2D eigenvalue weighted by Crippen LogP contribution is 2.54. The highest BCUT2D eigenvalue weighted by Gasteiger charge is 2.49. The molecule has 0 aliphatic heterocycles. The molecule has 0 spiro atoms. The van der Waals surface area contributed by atoms with E-state index in [0.717, 1.165) is 74.6 Å². The Bertz CT molecular complexity index is 855. The van der Waals surface area contributed by atoms with Crippen LogP contribution in [-0.4, -0.2) is 55.7 Å². The Morgan fingerprint density at radius 2 is 1.59 bits per heavy atom. The fraction of sp³-hybridized carbons (Fsp3) is 0.750. The minimum Gasteiger partial charge on any atom is -0.494 e. The number of ether oxygens (including phenoxy) is 1. The number of likely N-dealkylation sites (N-methyl/N-ethyl adjacent to an activating group) is 1. The van der Waals surface area contributed by atoms with E-state index in [2.05, 4.69) is 29.6 Å². The topological polar surface area (TPSA) is 77.1 Å². The third kappa shape index (κ3) is 8.27. The van der Waals surface area contributed by atoms with Crippen molar-refractivity contribution in [2.75, 3.05) is 26.2 Å². The molecule has 2 amide bonds. The van der Waals surface area contributed by atoms with Crippen LogP contribution >= 0.6 is 0 Å². The van der Waals surface area contributed by atoms with Crippen LogP contribution in [0, 0.1) is 23.7 Å². The summed E-state index contributed by atoms with van der Waals surface area (Å²) in [7, 11) is 0. The van der Waals surface area contributed by atoms with Crippen LogP contribution in [0.3, 0.4) is 0 Å². The van der Waals surface area contributed by atoms with Crippen LogP contribution in [0.15, 0.2) is 24.3 Å². The van der Waals surface area contributed by atoms with Gasteiger partial charge in [-0.15, -0.1) is 0 Å². The predicted octanol–water partition coefficient (Wildman–Crippen LogP) is 5.88. The monoisotopic (exact) mass is 542 g/mol. The van der Waals surface area contributed by atoms with E-state index in [1.54, 1.807) is 0 Å². The summed E-state index contributed by atoms with van der Waals surface area (Å²) in [4.78, 5) is 36.2. The van der Waals surface area contributed by atoms with Crippen molar-refractivity contribution in [2.24, 2.45) is 23.7 Å². The molecule has 0 atom stereocenters. The number of benzene rings is 1. The number of nitrogens with zero attached hydrogens (tertiary/aromatic N) is 1. The summed E-state index contributed by atoms with van der Waals surface area (Å²) in [5, 5.41) is 2.19. The third-order valence-electron chi connectivity index (χ3n) is 9.39. The van der Waals surface area contributed by atoms with Gasteiger partial charge in [-0.2, -0.15) is 0 Å². The predicted molar refractivity (Wildman–Crippen MR) is 152 cm³/mol. The molecule has 0 unspecified atom stereocenters. The zero-order valence-corrected chi connectivity index (χ0v) is 24.3. The molecule has 1 aromatic carbocycles. The van der Waals surface area contributed by atoms with Crippen LogP contribution in [0.5, 0.6) is 5.75 Å². The van der Waals surface area contributed by atoms with Gasteiger partial charge in [-0.05, 0) is 118 Å². The Balaban J connectivity index is 0.00000172. The molecule has 1 aromatic rings. The molecule has 6 rings (SSSR count). The van der Waals surface area contributed by atoms with Gasteiger partial charge in [0, 0.05) is 6.54 Å². The first-order valence-electron chi connectivity index (χ1n) is 15.6. The summed E-state index contributed by atoms with van der Waals surface area (Å²) in [6.45, 7) is 8.33. The molecule has 5 aliphatic rings. The first-order chi connectivity index (χ1) is 19.1. The summed E-state index contributed by atoms with van der Waals surface area (Å²) in [5.41, 5.74) is 1.38. The number of carbonyl (C=O) groups is 2. The molecule has 0 heterocycles. The number of rotatable bonds is 13. The van der Waals surface area contributed by atoms with E-state index in [4.69, 9.17) is 14.5 Å². The molecular formula is C32H50N2O5. The Morgan fingerprint density at radius 3 is 2.18 bits per heavy atom. The first-order valence-corrected chi connectivity index (χ1v) is 15.6. The fourth-order valence-electron chi connectivity index (χ4n) is 7.65. The van der Waals surface area contributed by atoms with Gasteiger partial charge < -0.3 is 4.74 Å². The van der Waals surface area contributed by atoms with Crippen molar-refractivity contribution in [3.63, 3.8) is 0 Å². The Morgan fingerprint density at radius 1 is 0.949 bits per heavy atom. The highest BCUT2D eigenvalue weighted by atomic mass is 17.2. The van der Waals surface area contributed by atoms with Crippen LogP contribution < -0.4 is 10.1 Å². The van der Waals surface area contributed by atoms with E-state index in [1.807, 2.05) is 25.7 Å². The van der Waals surface area contributed by atoms with Gasteiger partial charge in [0.25, 0.3) is 0 Å². The minimum atomic E-state index is -0.274. The minimum absolute atomic E-state index is 0.228. The van der Waals surface area contributed by atoms with Gasteiger partial charge in [0.05, 0.1) is 25.4 Å². The number of amides is 2. The molecule has 4 bridgehead atoms. The lowest BCUT2D eigenvalue weighted by molar-refractivity contribution is -0.383. The van der Waals surface area contributed by atoms with Crippen LogP contribution in [0.1, 0.15) is 96.5 Å². The molecular weight excluding hydrogens is 492 g/mol. The number of hydrogen-bond donors (Lipinski definition) is 1. The molecule has 7 heteroatoms. The van der Waals surface area contributed by atoms with Gasteiger partial charge >= 0.3 is 0 Å². The molecule has 1 N–H and O–H groups in total. The van der Waals surface area contributed by atoms with Gasteiger partial charge in [0.1, 0.15) is 5.75 Å². The quantitative estimate of drug-likeness (QED) is 0.145. The maximum atomic E-state index is 11.6. The van der Waals surface area contributed by atoms with Gasteiger partial charge in [-0.25, -0.2) is 9.78 Å². The molecule has 0 radical (unpaired) electrons. The lowest BCUT2D eigenvalue weighted by atomic mass is 9.55. The number of carbonyl (C=O) groups excluding carboxylic acids is 2. The standard InChI is InChI=1S/C30H44N2O5.C2H6/c1-2-32(19-29(34)31-20-33)12-3-13-35-27-8-4-23(5-9-27)24-6-10-28(11-7-24)36-37-30-25-15-21-14-22(17-25)18-26(30)16-21;1-2/h4-5,8-9,20-22,24-26,28,30H,2-3,6-7,10-19H2,1H3,(H,31,33,34);1-2H3. The van der Waals surface area contributed by atoms with Gasteiger partial charge in [0.2, 0.25) is 12.3 Å². The van der Waals surface area contributed by atoms with Crippen molar-refractivity contribution in [3.8, 4) is 5.75 Å². The van der Waals surface area contributed by atoms with E-state index in [1.165, 1.54) is 37.7 Å². The maximum absolute atomic E-state index is 11.6. The smallest absolute Gasteiger partial charge is 0.240 e. The largest absolute Gasteiger partial charge is 0.494 e. The summed E-state index contributed by atoms with van der Waals surface area (Å²) in [5.74, 6) is 4.61. The second-order valence-electron chi connectivity index (χ2n) is 11.9. The lowest BCUT2D eigenvalue weighted by Gasteiger charge is -2.53. The average Bonchev–Trinajstić information content (AvgIpc) is 2.96. The molecule has 218 valence electrons. The van der Waals surface area contributed by atoms with E-state index < -0.39 is 0 Å². The highest BCUT2D eigenvalue weighted by molar-refractivity contribution is 5.87. The first kappa shape index (κ1) is 30.0. The normalized spacial score (nSPS) is 30.9. The van der Waals surface area contributed by atoms with E-state index >= 15 is 0 Å². The van der Waals surface area contributed by atoms with Crippen molar-refractivity contribution in [1.82, 2.24) is 10.2 Å². The zero-order valence-electron chi connectivity index (χ0n) is 24.3. The second kappa shape index (κ2) is 15.2. The number of hydrogen-bond acceptors (Lipinski definition) is 6. The van der Waals surface area contributed by atoms with Gasteiger partial charge in [0.15, 0.2) is 0 Å². The van der Waals surface area contributed by atoms with Crippen LogP contribution in [0.2, 0.25) is 0 Å². The fourth-order valence-corrected chi connectivity index (χ4v) is 7.65. The third-order valence-corrected chi connectivity index (χ3v) is 9.39. The van der Waals surface area contributed by atoms with Crippen LogP contribution in [-0.2, 0) is 19.4 Å². The molecule has 5 fully saturated rings. The molecule has 7 nitrogen and oxygen atoms in total. The Hall–Kier alpha value is -1.96. The average molecular weight is 543 g/mol. The SMILES string of the molecule is CC.CCN(CCCOc1ccc(C2CCC(OOC3C4CC5CC(C4)CC3C5)CC2)cc1)CC(=O)NC=O. The van der Waals surface area contributed by atoms with E-state index in [9.17, 15) is 9.59 Å². The Kier molecular flexibility index (Phi) is 11.7. The van der Waals surface area contributed by atoms with Crippen molar-refractivity contribution >= 4 is 12.3 Å². The number of imide groups is 1. The lowest BCUT2D eigenvalue weighted by Crippen LogP contribution is -2.49. The van der Waals surface area contributed by atoms with E-state index in [-0.39, 0.29) is 18.6 Å². The summed E-state index contributed by atoms with van der Waals surface area (Å²) in [6.07, 6.45) is 13.2. The van der Waals surface area contributed by atoms with Crippen molar-refractivity contribution in [3.05, 3.63) is 29.8 Å². The zero-order chi connectivity index (χ0) is 27.6. The molecule has 0 aromatic heterocycles. The van der Waals surface area contributed by atoms with Crippen LogP contribution in [0.25, 0.3) is 0 Å². The molecule has 39 heavy (non-hydrogen) atoms. The summed E-state index contributed by atoms with van der Waals surface area (Å²) < 4.78 is 5.92. The summed E-state index contributed by atoms with van der Waals surface area (Å²) in [6, 6.07) is 8.55. The molecule has 5 saturated carbocycles. The Labute approximate surface area is 235 Å². The maximum Gasteiger partial charge on any atom is 0.240 e.